The SMILES string of the molecule is CCn1c(COc2cc(C)cc(C)c2)nnc1SCC(=O)Nc1cc(C)c(C)cc1Br. The number of amides is 1. The molecule has 1 amide bonds. The van der Waals surface area contributed by atoms with Crippen molar-refractivity contribution in [3.8, 4) is 5.75 Å². The predicted octanol–water partition coefficient (Wildman–Crippen LogP) is 5.60. The summed E-state index contributed by atoms with van der Waals surface area (Å²) in [6.07, 6.45) is 0. The summed E-state index contributed by atoms with van der Waals surface area (Å²) in [7, 11) is 0. The molecule has 0 saturated heterocycles. The zero-order chi connectivity index (χ0) is 22.5. The van der Waals surface area contributed by atoms with Gasteiger partial charge in [0.05, 0.1) is 11.4 Å². The molecular weight excluding hydrogens is 476 g/mol. The number of aromatic nitrogens is 3. The number of carbonyl (C=O) groups is 1. The zero-order valence-corrected chi connectivity index (χ0v) is 20.9. The van der Waals surface area contributed by atoms with E-state index in [1.165, 1.54) is 17.3 Å². The van der Waals surface area contributed by atoms with Gasteiger partial charge in [-0.2, -0.15) is 0 Å². The third-order valence-electron chi connectivity index (χ3n) is 4.86. The van der Waals surface area contributed by atoms with Gasteiger partial charge in [0.2, 0.25) is 5.91 Å². The molecule has 0 bridgehead atoms. The van der Waals surface area contributed by atoms with E-state index >= 15 is 0 Å². The van der Waals surface area contributed by atoms with Crippen LogP contribution in [0.4, 0.5) is 5.69 Å². The van der Waals surface area contributed by atoms with Crippen molar-refractivity contribution in [3.05, 3.63) is 62.9 Å². The smallest absolute Gasteiger partial charge is 0.234 e. The first kappa shape index (κ1) is 23.3. The lowest BCUT2D eigenvalue weighted by Gasteiger charge is -2.11. The van der Waals surface area contributed by atoms with E-state index in [0.29, 0.717) is 18.3 Å². The summed E-state index contributed by atoms with van der Waals surface area (Å²) < 4.78 is 8.78. The molecule has 1 aromatic heterocycles. The van der Waals surface area contributed by atoms with Gasteiger partial charge in [-0.1, -0.05) is 17.8 Å². The number of nitrogens with zero attached hydrogens (tertiary/aromatic N) is 3. The molecule has 0 spiro atoms. The summed E-state index contributed by atoms with van der Waals surface area (Å²) >= 11 is 4.88. The summed E-state index contributed by atoms with van der Waals surface area (Å²) in [5.41, 5.74) is 5.39. The average molecular weight is 503 g/mol. The first-order chi connectivity index (χ1) is 14.8. The number of ether oxygens (including phenoxy) is 1. The van der Waals surface area contributed by atoms with Gasteiger partial charge in [0.15, 0.2) is 11.0 Å². The molecular formula is C23H27BrN4O2S. The minimum atomic E-state index is -0.0901. The third-order valence-corrected chi connectivity index (χ3v) is 6.49. The number of benzene rings is 2. The Balaban J connectivity index is 1.61. The highest BCUT2D eigenvalue weighted by molar-refractivity contribution is 9.10. The molecule has 0 fully saturated rings. The first-order valence-corrected chi connectivity index (χ1v) is 11.9. The fourth-order valence-electron chi connectivity index (χ4n) is 3.21. The van der Waals surface area contributed by atoms with Gasteiger partial charge in [-0.05, 0) is 97.1 Å². The highest BCUT2D eigenvalue weighted by Crippen LogP contribution is 2.27. The topological polar surface area (TPSA) is 69.0 Å². The Morgan fingerprint density at radius 1 is 1.06 bits per heavy atom. The molecule has 0 radical (unpaired) electrons. The molecule has 2 aromatic carbocycles. The molecule has 0 atom stereocenters. The largest absolute Gasteiger partial charge is 0.486 e. The van der Waals surface area contributed by atoms with Crippen LogP contribution in [0.5, 0.6) is 5.75 Å². The Labute approximate surface area is 195 Å². The van der Waals surface area contributed by atoms with Crippen molar-refractivity contribution in [3.63, 3.8) is 0 Å². The number of nitrogens with one attached hydrogen (secondary N) is 1. The van der Waals surface area contributed by atoms with E-state index in [1.807, 2.05) is 63.5 Å². The predicted molar refractivity (Wildman–Crippen MR) is 129 cm³/mol. The first-order valence-electron chi connectivity index (χ1n) is 10.1. The average Bonchev–Trinajstić information content (AvgIpc) is 3.10. The van der Waals surface area contributed by atoms with Crippen LogP contribution in [-0.4, -0.2) is 26.4 Å². The lowest BCUT2D eigenvalue weighted by atomic mass is 10.1. The highest BCUT2D eigenvalue weighted by atomic mass is 79.9. The maximum Gasteiger partial charge on any atom is 0.234 e. The van der Waals surface area contributed by atoms with E-state index in [0.717, 1.165) is 38.4 Å². The van der Waals surface area contributed by atoms with E-state index in [4.69, 9.17) is 4.74 Å². The van der Waals surface area contributed by atoms with Crippen LogP contribution < -0.4 is 10.1 Å². The Bertz CT molecular complexity index is 1080. The van der Waals surface area contributed by atoms with Crippen LogP contribution in [0.1, 0.15) is 35.0 Å². The van der Waals surface area contributed by atoms with Crippen molar-refractivity contribution >= 4 is 39.3 Å². The number of thioether (sulfide) groups is 1. The second-order valence-electron chi connectivity index (χ2n) is 7.51. The minimum absolute atomic E-state index is 0.0901. The molecule has 164 valence electrons. The number of hydrogen-bond donors (Lipinski definition) is 1. The molecule has 3 rings (SSSR count). The third kappa shape index (κ3) is 6.11. The summed E-state index contributed by atoms with van der Waals surface area (Å²) in [6, 6.07) is 10.1. The maximum atomic E-state index is 12.5. The van der Waals surface area contributed by atoms with E-state index in [1.54, 1.807) is 0 Å². The molecule has 0 aliphatic carbocycles. The van der Waals surface area contributed by atoms with Crippen molar-refractivity contribution in [2.45, 2.75) is 52.9 Å². The summed E-state index contributed by atoms with van der Waals surface area (Å²) in [5.74, 6) is 1.71. The fraction of sp³-hybridized carbons (Fsp3) is 0.348. The van der Waals surface area contributed by atoms with E-state index in [-0.39, 0.29) is 11.7 Å². The molecule has 3 aromatic rings. The molecule has 31 heavy (non-hydrogen) atoms. The van der Waals surface area contributed by atoms with Crippen LogP contribution in [0.3, 0.4) is 0 Å². The monoisotopic (exact) mass is 502 g/mol. The van der Waals surface area contributed by atoms with Crippen molar-refractivity contribution in [2.24, 2.45) is 0 Å². The lowest BCUT2D eigenvalue weighted by Crippen LogP contribution is -2.15. The van der Waals surface area contributed by atoms with Crippen molar-refractivity contribution in [1.29, 1.82) is 0 Å². The molecule has 0 aliphatic heterocycles. The highest BCUT2D eigenvalue weighted by Gasteiger charge is 2.15. The van der Waals surface area contributed by atoms with Crippen LogP contribution in [-0.2, 0) is 17.9 Å². The van der Waals surface area contributed by atoms with Crippen LogP contribution >= 0.6 is 27.7 Å². The maximum absolute atomic E-state index is 12.5. The van der Waals surface area contributed by atoms with E-state index < -0.39 is 0 Å². The molecule has 6 nitrogen and oxygen atoms in total. The summed E-state index contributed by atoms with van der Waals surface area (Å²) in [4.78, 5) is 12.5. The number of halogens is 1. The van der Waals surface area contributed by atoms with Crippen LogP contribution in [0, 0.1) is 27.7 Å². The molecule has 0 unspecified atom stereocenters. The van der Waals surface area contributed by atoms with E-state index in [9.17, 15) is 4.79 Å². The van der Waals surface area contributed by atoms with Crippen LogP contribution in [0.2, 0.25) is 0 Å². The Morgan fingerprint density at radius 2 is 1.74 bits per heavy atom. The molecule has 0 saturated carbocycles. The fourth-order valence-corrected chi connectivity index (χ4v) is 4.59. The zero-order valence-electron chi connectivity index (χ0n) is 18.5. The van der Waals surface area contributed by atoms with Crippen molar-refractivity contribution < 1.29 is 9.53 Å². The van der Waals surface area contributed by atoms with Gasteiger partial charge in [-0.3, -0.25) is 4.79 Å². The van der Waals surface area contributed by atoms with Gasteiger partial charge in [-0.25, -0.2) is 0 Å². The Hall–Kier alpha value is -2.32. The standard InChI is InChI=1S/C23H27BrN4O2S/c1-6-28-21(12-30-18-8-14(2)7-15(3)9-18)26-27-23(28)31-13-22(29)25-20-11-17(5)16(4)10-19(20)24/h7-11H,6,12-13H2,1-5H3,(H,25,29). The molecule has 0 aliphatic rings. The summed E-state index contributed by atoms with van der Waals surface area (Å²) in [5, 5.41) is 12.2. The quantitative estimate of drug-likeness (QED) is 0.405. The van der Waals surface area contributed by atoms with Gasteiger partial charge in [0.25, 0.3) is 0 Å². The molecule has 1 heterocycles. The Morgan fingerprint density at radius 3 is 2.42 bits per heavy atom. The summed E-state index contributed by atoms with van der Waals surface area (Å²) in [6.45, 7) is 11.2. The second-order valence-corrected chi connectivity index (χ2v) is 9.31. The van der Waals surface area contributed by atoms with Gasteiger partial charge in [0.1, 0.15) is 12.4 Å². The number of carbonyl (C=O) groups excluding carboxylic acids is 1. The number of hydrogen-bond acceptors (Lipinski definition) is 5. The number of aryl methyl sites for hydroxylation is 4. The van der Waals surface area contributed by atoms with Crippen molar-refractivity contribution in [2.75, 3.05) is 11.1 Å². The van der Waals surface area contributed by atoms with Gasteiger partial charge in [-0.15, -0.1) is 10.2 Å². The minimum Gasteiger partial charge on any atom is -0.486 e. The lowest BCUT2D eigenvalue weighted by molar-refractivity contribution is -0.113. The normalized spacial score (nSPS) is 10.9. The molecule has 1 N–H and O–H groups in total. The molecule has 8 heteroatoms. The van der Waals surface area contributed by atoms with Crippen LogP contribution in [0.15, 0.2) is 40.0 Å². The Kier molecular flexibility index (Phi) is 7.78. The van der Waals surface area contributed by atoms with Crippen molar-refractivity contribution in [1.82, 2.24) is 14.8 Å². The second kappa shape index (κ2) is 10.3. The van der Waals surface area contributed by atoms with Gasteiger partial charge in [0, 0.05) is 11.0 Å². The number of rotatable bonds is 8. The van der Waals surface area contributed by atoms with Gasteiger partial charge < -0.3 is 14.6 Å². The van der Waals surface area contributed by atoms with Gasteiger partial charge >= 0.3 is 0 Å². The van der Waals surface area contributed by atoms with Crippen LogP contribution in [0.25, 0.3) is 0 Å². The number of anilines is 1. The van der Waals surface area contributed by atoms with E-state index in [2.05, 4.69) is 37.5 Å².